The number of aromatic nitrogens is 1. The smallest absolute Gasteiger partial charge is 0.146 e. The van der Waals surface area contributed by atoms with Crippen molar-refractivity contribution in [1.82, 2.24) is 4.98 Å². The van der Waals surface area contributed by atoms with Crippen molar-refractivity contribution in [2.75, 3.05) is 10.6 Å². The van der Waals surface area contributed by atoms with Crippen LogP contribution in [0.2, 0.25) is 0 Å². The molecule has 0 radical (unpaired) electrons. The van der Waals surface area contributed by atoms with Crippen molar-refractivity contribution in [3.05, 3.63) is 125 Å². The minimum atomic E-state index is -0.256. The van der Waals surface area contributed by atoms with Crippen LogP contribution in [0.5, 0.6) is 0 Å². The molecule has 0 atom stereocenters. The Morgan fingerprint density at radius 3 is 2.10 bits per heavy atom. The molecule has 0 aliphatic carbocycles. The zero-order valence-corrected chi connectivity index (χ0v) is 23.1. The zero-order chi connectivity index (χ0) is 27.4. The van der Waals surface area contributed by atoms with Crippen molar-refractivity contribution in [3.8, 4) is 11.3 Å². The molecule has 4 aromatic carbocycles. The van der Waals surface area contributed by atoms with Crippen molar-refractivity contribution in [2.24, 2.45) is 0 Å². The SMILES string of the molecule is CC(C)c1cccc(C(C)C)c1NCc1cccc(-c2c(CNc3ccccc3F)ccc3ccccc23)n1. The summed E-state index contributed by atoms with van der Waals surface area (Å²) in [4.78, 5) is 5.13. The predicted molar refractivity (Wildman–Crippen MR) is 163 cm³/mol. The highest BCUT2D eigenvalue weighted by molar-refractivity contribution is 5.97. The van der Waals surface area contributed by atoms with E-state index in [1.807, 2.05) is 6.07 Å². The van der Waals surface area contributed by atoms with Crippen LogP contribution in [0.4, 0.5) is 15.8 Å². The lowest BCUT2D eigenvalue weighted by atomic mass is 9.92. The van der Waals surface area contributed by atoms with Gasteiger partial charge in [0.05, 0.1) is 23.6 Å². The molecule has 2 N–H and O–H groups in total. The first kappa shape index (κ1) is 26.4. The lowest BCUT2D eigenvalue weighted by Gasteiger charge is -2.21. The van der Waals surface area contributed by atoms with E-state index in [9.17, 15) is 4.39 Å². The normalized spacial score (nSPS) is 11.4. The molecule has 0 spiro atoms. The standard InChI is InChI=1S/C35H36FN3/c1-23(2)28-14-10-15-29(24(3)4)35(28)38-22-27-12-9-18-33(39-27)34-26(20-19-25-11-5-6-13-30(25)34)21-37-32-17-8-7-16-31(32)36/h5-20,23-24,37-38H,21-22H2,1-4H3. The Kier molecular flexibility index (Phi) is 7.92. The van der Waals surface area contributed by atoms with Gasteiger partial charge >= 0.3 is 0 Å². The Morgan fingerprint density at radius 2 is 1.36 bits per heavy atom. The summed E-state index contributed by atoms with van der Waals surface area (Å²) in [5, 5.41) is 9.30. The number of nitrogens with one attached hydrogen (secondary N) is 2. The number of hydrogen-bond acceptors (Lipinski definition) is 3. The maximum absolute atomic E-state index is 14.3. The highest BCUT2D eigenvalue weighted by atomic mass is 19.1. The number of rotatable bonds is 9. The fourth-order valence-corrected chi connectivity index (χ4v) is 5.21. The molecule has 3 nitrogen and oxygen atoms in total. The van der Waals surface area contributed by atoms with Gasteiger partial charge < -0.3 is 10.6 Å². The first-order valence-corrected chi connectivity index (χ1v) is 13.7. The fraction of sp³-hybridized carbons (Fsp3) is 0.229. The van der Waals surface area contributed by atoms with Crippen LogP contribution < -0.4 is 10.6 Å². The molecule has 39 heavy (non-hydrogen) atoms. The maximum atomic E-state index is 14.3. The Bertz CT molecular complexity index is 1560. The molecule has 4 heteroatoms. The van der Waals surface area contributed by atoms with Crippen LogP contribution in [0.15, 0.2) is 97.1 Å². The monoisotopic (exact) mass is 517 g/mol. The number of fused-ring (bicyclic) bond motifs is 1. The third-order valence-corrected chi connectivity index (χ3v) is 7.24. The largest absolute Gasteiger partial charge is 0.379 e. The van der Waals surface area contributed by atoms with Crippen LogP contribution in [0.3, 0.4) is 0 Å². The van der Waals surface area contributed by atoms with Crippen LogP contribution in [-0.4, -0.2) is 4.98 Å². The summed E-state index contributed by atoms with van der Waals surface area (Å²) in [5.41, 5.74) is 8.40. The second-order valence-electron chi connectivity index (χ2n) is 10.6. The molecule has 1 aromatic heterocycles. The number of hydrogen-bond donors (Lipinski definition) is 2. The van der Waals surface area contributed by atoms with Crippen molar-refractivity contribution in [2.45, 2.75) is 52.6 Å². The summed E-state index contributed by atoms with van der Waals surface area (Å²) in [5.74, 6) is 0.588. The van der Waals surface area contributed by atoms with Crippen LogP contribution in [-0.2, 0) is 13.1 Å². The molecule has 5 aromatic rings. The van der Waals surface area contributed by atoms with E-state index >= 15 is 0 Å². The molecule has 0 bridgehead atoms. The second-order valence-corrected chi connectivity index (χ2v) is 10.6. The summed E-state index contributed by atoms with van der Waals surface area (Å²) in [7, 11) is 0. The average Bonchev–Trinajstić information content (AvgIpc) is 2.95. The number of para-hydroxylation sites is 2. The molecule has 5 rings (SSSR count). The van der Waals surface area contributed by atoms with Gasteiger partial charge in [-0.2, -0.15) is 0 Å². The van der Waals surface area contributed by atoms with E-state index in [0.29, 0.717) is 30.6 Å². The molecule has 1 heterocycles. The number of benzene rings is 4. The highest BCUT2D eigenvalue weighted by Crippen LogP contribution is 2.34. The Labute approximate surface area is 231 Å². The molecule has 0 unspecified atom stereocenters. The molecule has 198 valence electrons. The molecule has 0 saturated heterocycles. The number of halogens is 1. The summed E-state index contributed by atoms with van der Waals surface area (Å²) in [6, 6.07) is 32.2. The van der Waals surface area contributed by atoms with Crippen LogP contribution in [0, 0.1) is 5.82 Å². The highest BCUT2D eigenvalue weighted by Gasteiger charge is 2.15. The van der Waals surface area contributed by atoms with Gasteiger partial charge in [-0.05, 0) is 63.6 Å². The third kappa shape index (κ3) is 5.80. The summed E-state index contributed by atoms with van der Waals surface area (Å²) in [6.45, 7) is 10.1. The fourth-order valence-electron chi connectivity index (χ4n) is 5.21. The lowest BCUT2D eigenvalue weighted by Crippen LogP contribution is -2.09. The Balaban J connectivity index is 1.49. The molecule has 0 aliphatic heterocycles. The van der Waals surface area contributed by atoms with Gasteiger partial charge in [0.1, 0.15) is 5.82 Å². The lowest BCUT2D eigenvalue weighted by molar-refractivity contribution is 0.630. The van der Waals surface area contributed by atoms with Crippen molar-refractivity contribution >= 4 is 22.1 Å². The van der Waals surface area contributed by atoms with E-state index < -0.39 is 0 Å². The molecule has 0 aliphatic rings. The Morgan fingerprint density at radius 1 is 0.667 bits per heavy atom. The van der Waals surface area contributed by atoms with E-state index in [4.69, 9.17) is 4.98 Å². The summed E-state index contributed by atoms with van der Waals surface area (Å²) in [6.07, 6.45) is 0. The summed E-state index contributed by atoms with van der Waals surface area (Å²) >= 11 is 0. The van der Waals surface area contributed by atoms with E-state index in [-0.39, 0.29) is 5.82 Å². The minimum absolute atomic E-state index is 0.256. The van der Waals surface area contributed by atoms with Crippen LogP contribution in [0.1, 0.15) is 61.9 Å². The van der Waals surface area contributed by atoms with Crippen molar-refractivity contribution < 1.29 is 4.39 Å². The first-order valence-electron chi connectivity index (χ1n) is 13.7. The number of anilines is 2. The van der Waals surface area contributed by atoms with Gasteiger partial charge in [0.2, 0.25) is 0 Å². The minimum Gasteiger partial charge on any atom is -0.379 e. The average molecular weight is 518 g/mol. The zero-order valence-electron chi connectivity index (χ0n) is 23.1. The van der Waals surface area contributed by atoms with E-state index in [1.54, 1.807) is 12.1 Å². The van der Waals surface area contributed by atoms with Crippen molar-refractivity contribution in [3.63, 3.8) is 0 Å². The van der Waals surface area contributed by atoms with Gasteiger partial charge in [0, 0.05) is 17.8 Å². The van der Waals surface area contributed by atoms with Gasteiger partial charge in [-0.3, -0.25) is 4.98 Å². The summed E-state index contributed by atoms with van der Waals surface area (Å²) < 4.78 is 14.3. The second kappa shape index (κ2) is 11.7. The maximum Gasteiger partial charge on any atom is 0.146 e. The third-order valence-electron chi connectivity index (χ3n) is 7.24. The van der Waals surface area contributed by atoms with Crippen LogP contribution >= 0.6 is 0 Å². The van der Waals surface area contributed by atoms with Crippen LogP contribution in [0.25, 0.3) is 22.0 Å². The number of nitrogens with zero attached hydrogens (tertiary/aromatic N) is 1. The van der Waals surface area contributed by atoms with Crippen molar-refractivity contribution in [1.29, 1.82) is 0 Å². The molecule has 0 amide bonds. The topological polar surface area (TPSA) is 37.0 Å². The quantitative estimate of drug-likeness (QED) is 0.204. The van der Waals surface area contributed by atoms with E-state index in [2.05, 4.69) is 111 Å². The molecular weight excluding hydrogens is 481 g/mol. The first-order chi connectivity index (χ1) is 18.9. The van der Waals surface area contributed by atoms with Gasteiger partial charge in [-0.15, -0.1) is 0 Å². The molecular formula is C35H36FN3. The van der Waals surface area contributed by atoms with Gasteiger partial charge in [-0.25, -0.2) is 4.39 Å². The molecule has 0 fully saturated rings. The van der Waals surface area contributed by atoms with E-state index in [1.165, 1.54) is 22.9 Å². The molecule has 0 saturated carbocycles. The Hall–Kier alpha value is -4.18. The van der Waals surface area contributed by atoms with Gasteiger partial charge in [0.25, 0.3) is 0 Å². The van der Waals surface area contributed by atoms with E-state index in [0.717, 1.165) is 33.3 Å². The van der Waals surface area contributed by atoms with Gasteiger partial charge in [-0.1, -0.05) is 100 Å². The van der Waals surface area contributed by atoms with Gasteiger partial charge in [0.15, 0.2) is 0 Å². The predicted octanol–water partition coefficient (Wildman–Crippen LogP) is 9.51. The number of pyridine rings is 1.